The third kappa shape index (κ3) is 7.75. The molecule has 0 radical (unpaired) electrons. The first-order valence-corrected chi connectivity index (χ1v) is 7.54. The first-order chi connectivity index (χ1) is 7.89. The lowest BCUT2D eigenvalue weighted by molar-refractivity contribution is -0.135. The fourth-order valence-corrected chi connectivity index (χ4v) is 3.37. The summed E-state index contributed by atoms with van der Waals surface area (Å²) in [5, 5.41) is 0. The van der Waals surface area contributed by atoms with Gasteiger partial charge in [-0.2, -0.15) is 13.2 Å². The zero-order chi connectivity index (χ0) is 13.4. The molecule has 0 saturated heterocycles. The van der Waals surface area contributed by atoms with E-state index in [0.717, 1.165) is 12.8 Å². The normalized spacial score (nSPS) is 13.1. The highest BCUT2D eigenvalue weighted by atomic mass is 28.4. The highest BCUT2D eigenvalue weighted by Crippen LogP contribution is 2.24. The molecule has 0 saturated carbocycles. The van der Waals surface area contributed by atoms with E-state index in [1.165, 1.54) is 21.3 Å². The van der Waals surface area contributed by atoms with E-state index in [1.54, 1.807) is 0 Å². The molecule has 0 N–H and O–H groups in total. The lowest BCUT2D eigenvalue weighted by Crippen LogP contribution is -2.42. The molecule has 0 heterocycles. The van der Waals surface area contributed by atoms with E-state index in [-0.39, 0.29) is 6.42 Å². The smallest absolute Gasteiger partial charge is 0.377 e. The van der Waals surface area contributed by atoms with E-state index in [0.29, 0.717) is 12.5 Å². The van der Waals surface area contributed by atoms with Gasteiger partial charge in [0.1, 0.15) is 0 Å². The molecule has 0 rings (SSSR count). The van der Waals surface area contributed by atoms with Gasteiger partial charge in [0.25, 0.3) is 0 Å². The molecular weight excluding hydrogens is 253 g/mol. The van der Waals surface area contributed by atoms with Crippen molar-refractivity contribution in [3.8, 4) is 0 Å². The third-order valence-corrected chi connectivity index (χ3v) is 5.46. The summed E-state index contributed by atoms with van der Waals surface area (Å²) in [4.78, 5) is 0. The Kier molecular flexibility index (Phi) is 8.02. The zero-order valence-corrected chi connectivity index (χ0v) is 11.6. The summed E-state index contributed by atoms with van der Waals surface area (Å²) in [5.74, 6) is 0. The Bertz CT molecular complexity index is 187. The van der Waals surface area contributed by atoms with Crippen LogP contribution in [0.2, 0.25) is 6.04 Å². The van der Waals surface area contributed by atoms with E-state index >= 15 is 0 Å². The Morgan fingerprint density at radius 2 is 1.29 bits per heavy atom. The molecule has 0 aliphatic heterocycles. The maximum absolute atomic E-state index is 11.9. The van der Waals surface area contributed by atoms with Crippen molar-refractivity contribution in [1.82, 2.24) is 0 Å². The van der Waals surface area contributed by atoms with Gasteiger partial charge in [-0.15, -0.1) is 0 Å². The molecule has 0 amide bonds. The second-order valence-electron chi connectivity index (χ2n) is 3.82. The average Bonchev–Trinajstić information content (AvgIpc) is 2.28. The second-order valence-corrected chi connectivity index (χ2v) is 6.92. The maximum atomic E-state index is 11.9. The number of hydrogen-bond acceptors (Lipinski definition) is 3. The van der Waals surface area contributed by atoms with Crippen molar-refractivity contribution in [2.75, 3.05) is 21.3 Å². The lowest BCUT2D eigenvalue weighted by atomic mass is 10.1. The molecular formula is C10H21F3O3Si. The Morgan fingerprint density at radius 1 is 0.824 bits per heavy atom. The molecule has 0 fully saturated rings. The SMILES string of the molecule is CO[Si](CCCCCCC(F)(F)F)(OC)OC. The summed E-state index contributed by atoms with van der Waals surface area (Å²) in [5.41, 5.74) is 0. The Labute approximate surface area is 102 Å². The highest BCUT2D eigenvalue weighted by molar-refractivity contribution is 6.60. The predicted octanol–water partition coefficient (Wildman–Crippen LogP) is 3.38. The number of rotatable bonds is 9. The van der Waals surface area contributed by atoms with Crippen molar-refractivity contribution >= 4 is 8.80 Å². The minimum absolute atomic E-state index is 0.186. The van der Waals surface area contributed by atoms with Crippen LogP contribution in [0.25, 0.3) is 0 Å². The van der Waals surface area contributed by atoms with Crippen LogP contribution in [-0.4, -0.2) is 36.3 Å². The van der Waals surface area contributed by atoms with Crippen LogP contribution >= 0.6 is 0 Å². The van der Waals surface area contributed by atoms with Crippen LogP contribution < -0.4 is 0 Å². The fraction of sp³-hybridized carbons (Fsp3) is 1.00. The molecule has 0 unspecified atom stereocenters. The zero-order valence-electron chi connectivity index (χ0n) is 10.6. The quantitative estimate of drug-likeness (QED) is 0.476. The molecule has 3 nitrogen and oxygen atoms in total. The predicted molar refractivity (Wildman–Crippen MR) is 60.7 cm³/mol. The van der Waals surface area contributed by atoms with Crippen molar-refractivity contribution in [3.63, 3.8) is 0 Å². The van der Waals surface area contributed by atoms with E-state index < -0.39 is 21.4 Å². The molecule has 0 spiro atoms. The van der Waals surface area contributed by atoms with Crippen LogP contribution in [0, 0.1) is 0 Å². The van der Waals surface area contributed by atoms with Gasteiger partial charge in [0, 0.05) is 33.8 Å². The summed E-state index contributed by atoms with van der Waals surface area (Å²) in [6.07, 6.45) is -2.48. The van der Waals surface area contributed by atoms with E-state index in [9.17, 15) is 13.2 Å². The Hall–Kier alpha value is -0.113. The van der Waals surface area contributed by atoms with Crippen LogP contribution in [0.5, 0.6) is 0 Å². The standard InChI is InChI=1S/C10H21F3O3Si/c1-14-17(15-2,16-3)9-7-5-4-6-8-10(11,12)13/h4-9H2,1-3H3. The van der Waals surface area contributed by atoms with Crippen LogP contribution in [0.4, 0.5) is 13.2 Å². The lowest BCUT2D eigenvalue weighted by Gasteiger charge is -2.24. The molecule has 104 valence electrons. The van der Waals surface area contributed by atoms with Gasteiger partial charge in [0.2, 0.25) is 0 Å². The highest BCUT2D eigenvalue weighted by Gasteiger charge is 2.36. The summed E-state index contributed by atoms with van der Waals surface area (Å²) in [7, 11) is 2.06. The summed E-state index contributed by atoms with van der Waals surface area (Å²) < 4.78 is 51.2. The van der Waals surface area contributed by atoms with Gasteiger partial charge in [0.15, 0.2) is 0 Å². The van der Waals surface area contributed by atoms with Gasteiger partial charge in [-0.05, 0) is 12.8 Å². The maximum Gasteiger partial charge on any atom is 0.500 e. The van der Waals surface area contributed by atoms with Gasteiger partial charge in [0.05, 0.1) is 0 Å². The molecule has 0 bridgehead atoms. The second kappa shape index (κ2) is 8.07. The van der Waals surface area contributed by atoms with Crippen molar-refractivity contribution in [2.24, 2.45) is 0 Å². The number of unbranched alkanes of at least 4 members (excludes halogenated alkanes) is 3. The van der Waals surface area contributed by atoms with Gasteiger partial charge >= 0.3 is 15.0 Å². The molecule has 17 heavy (non-hydrogen) atoms. The van der Waals surface area contributed by atoms with Crippen molar-refractivity contribution in [3.05, 3.63) is 0 Å². The molecule has 0 aromatic rings. The average molecular weight is 274 g/mol. The van der Waals surface area contributed by atoms with Crippen molar-refractivity contribution < 1.29 is 26.4 Å². The first kappa shape index (κ1) is 16.9. The summed E-state index contributed by atoms with van der Waals surface area (Å²) in [6.45, 7) is 0. The number of halogens is 3. The minimum Gasteiger partial charge on any atom is -0.377 e. The van der Waals surface area contributed by atoms with E-state index in [4.69, 9.17) is 13.3 Å². The Balaban J connectivity index is 3.63. The first-order valence-electron chi connectivity index (χ1n) is 5.61. The molecule has 7 heteroatoms. The number of alkyl halides is 3. The van der Waals surface area contributed by atoms with E-state index in [2.05, 4.69) is 0 Å². The topological polar surface area (TPSA) is 27.7 Å². The molecule has 0 atom stereocenters. The Morgan fingerprint density at radius 3 is 1.71 bits per heavy atom. The van der Waals surface area contributed by atoms with Gasteiger partial charge < -0.3 is 13.3 Å². The van der Waals surface area contributed by atoms with Crippen LogP contribution in [-0.2, 0) is 13.3 Å². The van der Waals surface area contributed by atoms with E-state index in [1.807, 2.05) is 0 Å². The van der Waals surface area contributed by atoms with Gasteiger partial charge in [-0.25, -0.2) is 0 Å². The van der Waals surface area contributed by atoms with Gasteiger partial charge in [-0.3, -0.25) is 0 Å². The monoisotopic (exact) mass is 274 g/mol. The largest absolute Gasteiger partial charge is 0.500 e. The minimum atomic E-state index is -4.04. The molecule has 0 aromatic heterocycles. The van der Waals surface area contributed by atoms with Crippen molar-refractivity contribution in [1.29, 1.82) is 0 Å². The summed E-state index contributed by atoms with van der Waals surface area (Å²) >= 11 is 0. The van der Waals surface area contributed by atoms with Crippen LogP contribution in [0.15, 0.2) is 0 Å². The number of hydrogen-bond donors (Lipinski definition) is 0. The molecule has 0 aliphatic rings. The fourth-order valence-electron chi connectivity index (χ4n) is 1.58. The summed E-state index contributed by atoms with van der Waals surface area (Å²) in [6, 6.07) is 0.641. The van der Waals surface area contributed by atoms with Crippen LogP contribution in [0.1, 0.15) is 32.1 Å². The van der Waals surface area contributed by atoms with Crippen LogP contribution in [0.3, 0.4) is 0 Å². The molecule has 0 aromatic carbocycles. The van der Waals surface area contributed by atoms with Gasteiger partial charge in [-0.1, -0.05) is 12.8 Å². The molecule has 0 aliphatic carbocycles. The van der Waals surface area contributed by atoms with Crippen molar-refractivity contribution in [2.45, 2.75) is 44.3 Å². The third-order valence-electron chi connectivity index (χ3n) is 2.63.